The molecule has 3 aromatic rings. The van der Waals surface area contributed by atoms with Gasteiger partial charge in [0.05, 0.1) is 5.69 Å². The first-order valence-electron chi connectivity index (χ1n) is 7.89. The molecule has 1 aliphatic heterocycles. The molecule has 0 spiro atoms. The average Bonchev–Trinajstić information content (AvgIpc) is 2.63. The summed E-state index contributed by atoms with van der Waals surface area (Å²) < 4.78 is 0. The van der Waals surface area contributed by atoms with Gasteiger partial charge in [0.25, 0.3) is 0 Å². The Bertz CT molecular complexity index is 946. The van der Waals surface area contributed by atoms with Crippen LogP contribution in [-0.2, 0) is 6.42 Å². The minimum atomic E-state index is 0.732. The van der Waals surface area contributed by atoms with E-state index in [0.717, 1.165) is 28.3 Å². The van der Waals surface area contributed by atoms with Crippen LogP contribution in [0.5, 0.6) is 0 Å². The highest BCUT2D eigenvalue weighted by molar-refractivity contribution is 8.02. The second-order valence-electron chi connectivity index (χ2n) is 5.90. The van der Waals surface area contributed by atoms with Crippen LogP contribution in [0.2, 0.25) is 5.02 Å². The Hall–Kier alpha value is -2.03. The second-order valence-corrected chi connectivity index (χ2v) is 7.25. The van der Waals surface area contributed by atoms with Crippen LogP contribution in [0.15, 0.2) is 71.1 Å². The summed E-state index contributed by atoms with van der Waals surface area (Å²) in [5.41, 5.74) is 6.77. The molecule has 4 rings (SSSR count). The first-order valence-corrected chi connectivity index (χ1v) is 9.14. The predicted molar refractivity (Wildman–Crippen MR) is 104 cm³/mol. The number of hydrogen-bond donors (Lipinski definition) is 0. The zero-order valence-corrected chi connectivity index (χ0v) is 14.9. The van der Waals surface area contributed by atoms with Crippen LogP contribution in [-0.4, -0.2) is 4.98 Å². The molecule has 1 aromatic heterocycles. The van der Waals surface area contributed by atoms with E-state index in [2.05, 4.69) is 53.7 Å². The SMILES string of the molecule is Cc1ccc(Cl)c(-c2ncccc2-c2ccc3c(c2)SC=CC3)c1. The molecule has 2 heterocycles. The van der Waals surface area contributed by atoms with Crippen molar-refractivity contribution >= 4 is 23.4 Å². The summed E-state index contributed by atoms with van der Waals surface area (Å²) in [7, 11) is 0. The fraction of sp³-hybridized carbons (Fsp3) is 0.0952. The van der Waals surface area contributed by atoms with Crippen LogP contribution in [0, 0.1) is 6.92 Å². The Labute approximate surface area is 151 Å². The van der Waals surface area contributed by atoms with Gasteiger partial charge < -0.3 is 0 Å². The van der Waals surface area contributed by atoms with Crippen molar-refractivity contribution in [1.82, 2.24) is 4.98 Å². The molecule has 0 radical (unpaired) electrons. The monoisotopic (exact) mass is 349 g/mol. The lowest BCUT2D eigenvalue weighted by molar-refractivity contribution is 1.17. The highest BCUT2D eigenvalue weighted by Crippen LogP contribution is 2.38. The standard InChI is InChI=1S/C21H16ClNS/c1-14-6-9-19(22)18(12-14)21-17(5-2-10-23-21)16-8-7-15-4-3-11-24-20(15)13-16/h2-3,5-13H,4H2,1H3. The van der Waals surface area contributed by atoms with Crippen LogP contribution >= 0.6 is 23.4 Å². The molecule has 0 bridgehead atoms. The third-order valence-electron chi connectivity index (χ3n) is 4.19. The Morgan fingerprint density at radius 3 is 2.88 bits per heavy atom. The predicted octanol–water partition coefficient (Wildman–Crippen LogP) is 6.54. The van der Waals surface area contributed by atoms with Gasteiger partial charge in [-0.25, -0.2) is 0 Å². The van der Waals surface area contributed by atoms with Crippen LogP contribution in [0.25, 0.3) is 22.4 Å². The summed E-state index contributed by atoms with van der Waals surface area (Å²) >= 11 is 8.23. The third-order valence-corrected chi connectivity index (χ3v) is 5.48. The van der Waals surface area contributed by atoms with Crippen molar-refractivity contribution in [2.45, 2.75) is 18.2 Å². The summed E-state index contributed by atoms with van der Waals surface area (Å²) in [4.78, 5) is 5.95. The molecule has 24 heavy (non-hydrogen) atoms. The largest absolute Gasteiger partial charge is 0.256 e. The molecule has 1 aliphatic rings. The van der Waals surface area contributed by atoms with Crippen molar-refractivity contribution in [2.75, 3.05) is 0 Å². The first-order chi connectivity index (χ1) is 11.7. The number of aryl methyl sites for hydroxylation is 1. The maximum absolute atomic E-state index is 6.45. The van der Waals surface area contributed by atoms with Crippen LogP contribution in [0.1, 0.15) is 11.1 Å². The van der Waals surface area contributed by atoms with Crippen LogP contribution in [0.3, 0.4) is 0 Å². The van der Waals surface area contributed by atoms with Gasteiger partial charge in [-0.05, 0) is 54.1 Å². The van der Waals surface area contributed by atoms with Gasteiger partial charge in [-0.3, -0.25) is 4.98 Å². The van der Waals surface area contributed by atoms with Crippen molar-refractivity contribution in [3.05, 3.63) is 82.4 Å². The van der Waals surface area contributed by atoms with Crippen LogP contribution in [0.4, 0.5) is 0 Å². The second kappa shape index (κ2) is 6.46. The average molecular weight is 350 g/mol. The lowest BCUT2D eigenvalue weighted by Crippen LogP contribution is -1.93. The zero-order chi connectivity index (χ0) is 16.5. The number of thioether (sulfide) groups is 1. The van der Waals surface area contributed by atoms with Crippen molar-refractivity contribution in [1.29, 1.82) is 0 Å². The van der Waals surface area contributed by atoms with Gasteiger partial charge in [0, 0.05) is 27.2 Å². The molecule has 2 aromatic carbocycles. The Kier molecular flexibility index (Phi) is 4.17. The number of aromatic nitrogens is 1. The fourth-order valence-electron chi connectivity index (χ4n) is 2.97. The molecule has 0 saturated heterocycles. The number of allylic oxidation sites excluding steroid dienone is 1. The summed E-state index contributed by atoms with van der Waals surface area (Å²) in [6.07, 6.45) is 5.04. The van der Waals surface area contributed by atoms with E-state index in [-0.39, 0.29) is 0 Å². The number of fused-ring (bicyclic) bond motifs is 1. The zero-order valence-electron chi connectivity index (χ0n) is 13.3. The van der Waals surface area contributed by atoms with Crippen molar-refractivity contribution in [3.8, 4) is 22.4 Å². The van der Waals surface area contributed by atoms with E-state index in [9.17, 15) is 0 Å². The van der Waals surface area contributed by atoms with E-state index in [1.165, 1.54) is 21.6 Å². The highest BCUT2D eigenvalue weighted by Gasteiger charge is 2.14. The Morgan fingerprint density at radius 2 is 1.96 bits per heavy atom. The maximum Gasteiger partial charge on any atom is 0.0795 e. The number of rotatable bonds is 2. The third kappa shape index (κ3) is 2.88. The van der Waals surface area contributed by atoms with E-state index in [1.807, 2.05) is 24.4 Å². The molecular weight excluding hydrogens is 334 g/mol. The molecule has 3 heteroatoms. The van der Waals surface area contributed by atoms with Gasteiger partial charge in [0.15, 0.2) is 0 Å². The van der Waals surface area contributed by atoms with E-state index in [4.69, 9.17) is 11.6 Å². The molecule has 0 saturated carbocycles. The highest BCUT2D eigenvalue weighted by atomic mass is 35.5. The molecule has 0 N–H and O–H groups in total. The van der Waals surface area contributed by atoms with E-state index < -0.39 is 0 Å². The summed E-state index contributed by atoms with van der Waals surface area (Å²) in [6.45, 7) is 2.07. The molecule has 0 atom stereocenters. The van der Waals surface area contributed by atoms with Crippen LogP contribution < -0.4 is 0 Å². The van der Waals surface area contributed by atoms with Gasteiger partial charge >= 0.3 is 0 Å². The molecule has 0 aliphatic carbocycles. The minimum Gasteiger partial charge on any atom is -0.256 e. The minimum absolute atomic E-state index is 0.732. The topological polar surface area (TPSA) is 12.9 Å². The quantitative estimate of drug-likeness (QED) is 0.521. The van der Waals surface area contributed by atoms with E-state index in [1.54, 1.807) is 11.8 Å². The smallest absolute Gasteiger partial charge is 0.0795 e. The Balaban J connectivity index is 1.87. The van der Waals surface area contributed by atoms with E-state index >= 15 is 0 Å². The van der Waals surface area contributed by atoms with Crippen molar-refractivity contribution in [2.24, 2.45) is 0 Å². The molecule has 1 nitrogen and oxygen atoms in total. The summed E-state index contributed by atoms with van der Waals surface area (Å²) in [5.74, 6) is 0. The number of benzene rings is 2. The van der Waals surface area contributed by atoms with E-state index in [0.29, 0.717) is 0 Å². The molecule has 0 fully saturated rings. The normalized spacial score (nSPS) is 12.9. The van der Waals surface area contributed by atoms with Gasteiger partial charge in [-0.1, -0.05) is 59.3 Å². The van der Waals surface area contributed by atoms with Crippen molar-refractivity contribution < 1.29 is 0 Å². The van der Waals surface area contributed by atoms with Gasteiger partial charge in [0.1, 0.15) is 0 Å². The lowest BCUT2D eigenvalue weighted by atomic mass is 9.97. The number of pyridine rings is 1. The molecular formula is C21H16ClNS. The van der Waals surface area contributed by atoms with Crippen molar-refractivity contribution in [3.63, 3.8) is 0 Å². The van der Waals surface area contributed by atoms with Gasteiger partial charge in [-0.15, -0.1) is 0 Å². The Morgan fingerprint density at radius 1 is 1.04 bits per heavy atom. The molecule has 118 valence electrons. The summed E-state index contributed by atoms with van der Waals surface area (Å²) in [5, 5.41) is 2.89. The lowest BCUT2D eigenvalue weighted by Gasteiger charge is -2.15. The molecule has 0 amide bonds. The first kappa shape index (κ1) is 15.5. The summed E-state index contributed by atoms with van der Waals surface area (Å²) in [6, 6.07) is 16.8. The number of nitrogens with zero attached hydrogens (tertiary/aromatic N) is 1. The molecule has 0 unspecified atom stereocenters. The number of halogens is 1. The fourth-order valence-corrected chi connectivity index (χ4v) is 4.01. The van der Waals surface area contributed by atoms with Gasteiger partial charge in [0.2, 0.25) is 0 Å². The number of hydrogen-bond acceptors (Lipinski definition) is 2. The maximum atomic E-state index is 6.45. The van der Waals surface area contributed by atoms with Gasteiger partial charge in [-0.2, -0.15) is 0 Å².